The first-order valence-corrected chi connectivity index (χ1v) is 15.9. The number of carbonyl (C=O) groups is 2. The van der Waals surface area contributed by atoms with Crippen molar-refractivity contribution in [3.63, 3.8) is 0 Å². The van der Waals surface area contributed by atoms with Crippen molar-refractivity contribution in [1.82, 2.24) is 24.4 Å². The Morgan fingerprint density at radius 3 is 2.46 bits per heavy atom. The van der Waals surface area contributed by atoms with Crippen LogP contribution in [0.1, 0.15) is 41.6 Å². The molecule has 4 aliphatic rings. The van der Waals surface area contributed by atoms with Crippen molar-refractivity contribution < 1.29 is 19.1 Å². The molecule has 2 bridgehead atoms. The number of amides is 1. The lowest BCUT2D eigenvalue weighted by Crippen LogP contribution is -2.73. The van der Waals surface area contributed by atoms with E-state index in [2.05, 4.69) is 21.0 Å². The number of nitrogens with zero attached hydrogens (tertiary/aromatic N) is 7. The van der Waals surface area contributed by atoms with Gasteiger partial charge in [0.1, 0.15) is 35.8 Å². The molecule has 1 aromatic carbocycles. The monoisotopic (exact) mass is 617 g/mol. The SMILES string of the molecule is COc1ccc(C(=O)N2CC3(C2)CN(c2ccc(-c4cc(OCCN5C6CCC5CC(=O)C6)cn5ncc(C#N)c45)cn2)C3)cc1. The Labute approximate surface area is 266 Å². The number of hydrogen-bond acceptors (Lipinski definition) is 9. The quantitative estimate of drug-likeness (QED) is 0.291. The summed E-state index contributed by atoms with van der Waals surface area (Å²) in [7, 11) is 1.62. The zero-order valence-corrected chi connectivity index (χ0v) is 25.8. The number of benzene rings is 1. The maximum atomic E-state index is 12.9. The third kappa shape index (κ3) is 4.93. The van der Waals surface area contributed by atoms with E-state index in [0.717, 1.165) is 73.8 Å². The zero-order valence-electron chi connectivity index (χ0n) is 25.8. The minimum Gasteiger partial charge on any atom is -0.497 e. The Bertz CT molecular complexity index is 1830. The highest BCUT2D eigenvalue weighted by Gasteiger charge is 2.53. The molecule has 1 spiro atoms. The molecule has 2 atom stereocenters. The van der Waals surface area contributed by atoms with E-state index in [4.69, 9.17) is 14.5 Å². The van der Waals surface area contributed by atoms with E-state index >= 15 is 0 Å². The second-order valence-corrected chi connectivity index (χ2v) is 13.1. The smallest absolute Gasteiger partial charge is 0.253 e. The second kappa shape index (κ2) is 11.1. The van der Waals surface area contributed by atoms with Crippen molar-refractivity contribution in [3.8, 4) is 28.7 Å². The number of likely N-dealkylation sites (tertiary alicyclic amines) is 1. The van der Waals surface area contributed by atoms with Gasteiger partial charge in [-0.2, -0.15) is 10.4 Å². The molecule has 1 amide bonds. The van der Waals surface area contributed by atoms with Gasteiger partial charge in [0, 0.05) is 86.0 Å². The van der Waals surface area contributed by atoms with Crippen LogP contribution in [-0.2, 0) is 4.79 Å². The maximum absolute atomic E-state index is 12.9. The molecule has 234 valence electrons. The summed E-state index contributed by atoms with van der Waals surface area (Å²) in [5.74, 6) is 2.73. The molecule has 4 saturated heterocycles. The van der Waals surface area contributed by atoms with Crippen LogP contribution < -0.4 is 14.4 Å². The number of nitriles is 1. The minimum atomic E-state index is 0.0541. The lowest BCUT2D eigenvalue weighted by molar-refractivity contribution is -0.123. The van der Waals surface area contributed by atoms with E-state index in [1.54, 1.807) is 17.8 Å². The van der Waals surface area contributed by atoms with E-state index < -0.39 is 0 Å². The number of carbonyl (C=O) groups excluding carboxylic acids is 2. The molecule has 4 aliphatic heterocycles. The third-order valence-corrected chi connectivity index (χ3v) is 10.1. The van der Waals surface area contributed by atoms with E-state index in [1.165, 1.54) is 0 Å². The van der Waals surface area contributed by atoms with E-state index in [0.29, 0.717) is 54.2 Å². The largest absolute Gasteiger partial charge is 0.497 e. The molecule has 11 nitrogen and oxygen atoms in total. The highest BCUT2D eigenvalue weighted by Crippen LogP contribution is 2.42. The number of methoxy groups -OCH3 is 1. The Morgan fingerprint density at radius 1 is 1.02 bits per heavy atom. The Hall–Kier alpha value is -4.95. The van der Waals surface area contributed by atoms with Crippen molar-refractivity contribution in [2.75, 3.05) is 51.3 Å². The van der Waals surface area contributed by atoms with Crippen molar-refractivity contribution in [1.29, 1.82) is 5.26 Å². The van der Waals surface area contributed by atoms with Gasteiger partial charge in [0.2, 0.25) is 0 Å². The molecule has 0 aliphatic carbocycles. The minimum absolute atomic E-state index is 0.0541. The highest BCUT2D eigenvalue weighted by molar-refractivity contribution is 5.95. The molecule has 0 radical (unpaired) electrons. The molecule has 0 saturated carbocycles. The van der Waals surface area contributed by atoms with Gasteiger partial charge < -0.3 is 19.3 Å². The molecular weight excluding hydrogens is 582 g/mol. The predicted molar refractivity (Wildman–Crippen MR) is 170 cm³/mol. The Kier molecular flexibility index (Phi) is 6.91. The molecule has 4 fully saturated rings. The fourth-order valence-electron chi connectivity index (χ4n) is 7.86. The maximum Gasteiger partial charge on any atom is 0.253 e. The summed E-state index contributed by atoms with van der Waals surface area (Å²) in [4.78, 5) is 36.3. The number of ether oxygens (including phenoxy) is 2. The van der Waals surface area contributed by atoms with Crippen molar-refractivity contribution in [2.45, 2.75) is 37.8 Å². The Morgan fingerprint density at radius 2 is 1.78 bits per heavy atom. The summed E-state index contributed by atoms with van der Waals surface area (Å²) >= 11 is 0. The second-order valence-electron chi connectivity index (χ2n) is 13.1. The highest BCUT2D eigenvalue weighted by atomic mass is 16.5. The molecule has 0 N–H and O–H groups in total. The van der Waals surface area contributed by atoms with Gasteiger partial charge >= 0.3 is 0 Å². The zero-order chi connectivity index (χ0) is 31.4. The summed E-state index contributed by atoms with van der Waals surface area (Å²) in [6.45, 7) is 4.48. The van der Waals surface area contributed by atoms with Crippen LogP contribution in [0.3, 0.4) is 0 Å². The number of aromatic nitrogens is 3. The van der Waals surface area contributed by atoms with Crippen molar-refractivity contribution in [3.05, 3.63) is 72.2 Å². The van der Waals surface area contributed by atoms with Gasteiger partial charge in [-0.1, -0.05) is 0 Å². The van der Waals surface area contributed by atoms with Gasteiger partial charge in [0.15, 0.2) is 0 Å². The number of Topliss-reactive ketones (excluding diaryl/α,β-unsaturated/α-hetero) is 1. The summed E-state index contributed by atoms with van der Waals surface area (Å²) in [5, 5.41) is 14.2. The molecule has 4 aromatic rings. The van der Waals surface area contributed by atoms with E-state index in [1.807, 2.05) is 59.8 Å². The van der Waals surface area contributed by atoms with Gasteiger partial charge in [-0.25, -0.2) is 9.50 Å². The third-order valence-electron chi connectivity index (χ3n) is 10.1. The van der Waals surface area contributed by atoms with Gasteiger partial charge in [-0.05, 0) is 55.3 Å². The van der Waals surface area contributed by atoms with Crippen LogP contribution in [-0.4, -0.2) is 94.6 Å². The number of piperidine rings is 1. The Balaban J connectivity index is 0.926. The summed E-state index contributed by atoms with van der Waals surface area (Å²) in [6, 6.07) is 16.2. The first-order valence-electron chi connectivity index (χ1n) is 15.9. The van der Waals surface area contributed by atoms with Gasteiger partial charge in [0.25, 0.3) is 5.91 Å². The average Bonchev–Trinajstić information content (AvgIpc) is 3.56. The molecule has 11 heteroatoms. The fraction of sp³-hybridized carbons (Fsp3) is 0.400. The van der Waals surface area contributed by atoms with Crippen LogP contribution in [0, 0.1) is 16.7 Å². The topological polar surface area (TPSA) is 116 Å². The number of hydrogen-bond donors (Lipinski definition) is 0. The molecule has 8 rings (SSSR count). The van der Waals surface area contributed by atoms with Crippen molar-refractivity contribution >= 4 is 23.0 Å². The number of ketones is 1. The molecular formula is C35H35N7O4. The molecule has 46 heavy (non-hydrogen) atoms. The number of fused-ring (bicyclic) bond motifs is 3. The molecule has 2 unspecified atom stereocenters. The fourth-order valence-corrected chi connectivity index (χ4v) is 7.86. The molecule has 3 aromatic heterocycles. The van der Waals surface area contributed by atoms with Crippen LogP contribution in [0.2, 0.25) is 0 Å². The van der Waals surface area contributed by atoms with Crippen molar-refractivity contribution in [2.24, 2.45) is 5.41 Å². The summed E-state index contributed by atoms with van der Waals surface area (Å²) in [5.41, 5.74) is 3.71. The lowest BCUT2D eigenvalue weighted by atomic mass is 9.72. The predicted octanol–water partition coefficient (Wildman–Crippen LogP) is 3.81. The van der Waals surface area contributed by atoms with Gasteiger partial charge in [-0.15, -0.1) is 0 Å². The first kappa shape index (κ1) is 28.5. The number of pyridine rings is 2. The van der Waals surface area contributed by atoms with Crippen LogP contribution in [0.15, 0.2) is 61.1 Å². The van der Waals surface area contributed by atoms with Crippen LogP contribution in [0.4, 0.5) is 5.82 Å². The lowest BCUT2D eigenvalue weighted by Gasteiger charge is -2.60. The van der Waals surface area contributed by atoms with Crippen LogP contribution in [0.5, 0.6) is 11.5 Å². The average molecular weight is 618 g/mol. The van der Waals surface area contributed by atoms with Gasteiger partial charge in [0.05, 0.1) is 30.6 Å². The van der Waals surface area contributed by atoms with E-state index in [-0.39, 0.29) is 11.3 Å². The first-order chi connectivity index (χ1) is 22.4. The van der Waals surface area contributed by atoms with Crippen LogP contribution >= 0.6 is 0 Å². The summed E-state index contributed by atoms with van der Waals surface area (Å²) in [6.07, 6.45) is 8.71. The summed E-state index contributed by atoms with van der Waals surface area (Å²) < 4.78 is 13.1. The number of rotatable bonds is 8. The normalized spacial score (nSPS) is 21.6. The van der Waals surface area contributed by atoms with Gasteiger partial charge in [-0.3, -0.25) is 14.5 Å². The van der Waals surface area contributed by atoms with Crippen LogP contribution in [0.25, 0.3) is 16.6 Å². The standard InChI is InChI=1S/C35H35N7O4/c1-45-29-7-2-23(3-8-29)34(44)40-21-35(22-40)19-39(20-35)32-9-4-24(16-37-32)31-14-30(18-42-33(31)25(15-36)17-38-42)46-11-10-41-26-5-6-27(41)13-28(43)12-26/h2-4,7-9,14,16-18,26-27H,5-6,10-13,19-22H2,1H3. The molecule has 7 heterocycles. The number of anilines is 1. The van der Waals surface area contributed by atoms with E-state index in [9.17, 15) is 14.9 Å².